The third kappa shape index (κ3) is 7.69. The number of nitrogens with one attached hydrogen (secondary N) is 3. The van der Waals surface area contributed by atoms with Crippen molar-refractivity contribution in [2.45, 2.75) is 81.3 Å². The molecule has 52 heavy (non-hydrogen) atoms. The molecule has 3 heterocycles. The van der Waals surface area contributed by atoms with Crippen LogP contribution in [0.1, 0.15) is 70.4 Å². The summed E-state index contributed by atoms with van der Waals surface area (Å²) in [6, 6.07) is 3.50. The summed E-state index contributed by atoms with van der Waals surface area (Å²) in [6.07, 6.45) is 5.43. The number of amides is 4. The molecule has 3 aliphatic rings. The van der Waals surface area contributed by atoms with Gasteiger partial charge in [-0.2, -0.15) is 0 Å². The molecule has 3 N–H and O–H groups in total. The van der Waals surface area contributed by atoms with Crippen LogP contribution in [0.2, 0.25) is 5.02 Å². The third-order valence-electron chi connectivity index (χ3n) is 9.62. The summed E-state index contributed by atoms with van der Waals surface area (Å²) in [5.41, 5.74) is 0.228. The highest BCUT2D eigenvalue weighted by molar-refractivity contribution is 7.91. The zero-order chi connectivity index (χ0) is 37.4. The molecule has 3 atom stereocenters. The maximum Gasteiger partial charge on any atom is 0.317 e. The SMILES string of the molecule is COc1ccc2c(OCC[C@@H]3NC(=O)N(C)CCCCC=C[C@@H]4C[C@@]4(C(=O)NS(=O)(=O)C4(F)CC4)NC3=O)cc(-c3nc(C(C)C)cs3)nc2c1Cl. The van der Waals surface area contributed by atoms with Crippen LogP contribution in [0.5, 0.6) is 11.5 Å². The Bertz CT molecular complexity index is 2020. The number of methoxy groups -OCH3 is 1. The Kier molecular flexibility index (Phi) is 10.7. The van der Waals surface area contributed by atoms with Crippen LogP contribution in [0.4, 0.5) is 9.18 Å². The van der Waals surface area contributed by atoms with Crippen molar-refractivity contribution in [1.29, 1.82) is 0 Å². The molecule has 4 amide bonds. The number of alkyl halides is 1. The molecule has 1 aliphatic heterocycles. The van der Waals surface area contributed by atoms with Crippen molar-refractivity contribution in [2.75, 3.05) is 27.3 Å². The molecule has 2 aromatic heterocycles. The average Bonchev–Trinajstić information content (AvgIpc) is 3.96. The molecule has 1 aromatic carbocycles. The van der Waals surface area contributed by atoms with Crippen LogP contribution >= 0.6 is 22.9 Å². The lowest BCUT2D eigenvalue weighted by molar-refractivity contribution is -0.130. The highest BCUT2D eigenvalue weighted by Crippen LogP contribution is 2.48. The fraction of sp³-hybridized carbons (Fsp3) is 0.514. The van der Waals surface area contributed by atoms with Gasteiger partial charge in [-0.3, -0.25) is 9.59 Å². The number of hydrogen-bond acceptors (Lipinski definition) is 10. The topological polar surface area (TPSA) is 169 Å². The first-order chi connectivity index (χ1) is 24.7. The maximum atomic E-state index is 14.6. The van der Waals surface area contributed by atoms with Crippen molar-refractivity contribution in [1.82, 2.24) is 30.2 Å². The van der Waals surface area contributed by atoms with Gasteiger partial charge in [-0.25, -0.2) is 32.3 Å². The largest absolute Gasteiger partial charge is 0.495 e. The first-order valence-electron chi connectivity index (χ1n) is 17.2. The number of carbonyl (C=O) groups is 3. The number of urea groups is 1. The number of rotatable bonds is 10. The molecule has 0 radical (unpaired) electrons. The number of aromatic nitrogens is 2. The third-order valence-corrected chi connectivity index (χ3v) is 12.7. The zero-order valence-corrected chi connectivity index (χ0v) is 31.7. The lowest BCUT2D eigenvalue weighted by Crippen LogP contribution is -2.58. The van der Waals surface area contributed by atoms with E-state index in [0.29, 0.717) is 52.5 Å². The summed E-state index contributed by atoms with van der Waals surface area (Å²) in [6.45, 7) is 4.48. The van der Waals surface area contributed by atoms with Crippen molar-refractivity contribution >= 4 is 61.7 Å². The second kappa shape index (κ2) is 14.8. The number of carbonyl (C=O) groups excluding carboxylic acids is 3. The highest BCUT2D eigenvalue weighted by atomic mass is 35.5. The van der Waals surface area contributed by atoms with E-state index >= 15 is 0 Å². The van der Waals surface area contributed by atoms with E-state index in [1.165, 1.54) is 23.3 Å². The first-order valence-corrected chi connectivity index (χ1v) is 19.9. The van der Waals surface area contributed by atoms with Crippen LogP contribution < -0.4 is 24.8 Å². The Balaban J connectivity index is 1.27. The predicted octanol–water partition coefficient (Wildman–Crippen LogP) is 5.44. The Hall–Kier alpha value is -4.02. The van der Waals surface area contributed by atoms with E-state index in [1.54, 1.807) is 31.3 Å². The molecular weight excluding hydrogens is 735 g/mol. The number of sulfonamides is 1. The van der Waals surface area contributed by atoms with E-state index in [9.17, 15) is 27.2 Å². The van der Waals surface area contributed by atoms with Gasteiger partial charge in [0.25, 0.3) is 15.9 Å². The maximum absolute atomic E-state index is 14.6. The molecule has 17 heteroatoms. The minimum Gasteiger partial charge on any atom is -0.495 e. The molecule has 0 bridgehead atoms. The number of allylic oxidation sites excluding steroid dienone is 1. The van der Waals surface area contributed by atoms with Gasteiger partial charge < -0.3 is 25.0 Å². The van der Waals surface area contributed by atoms with Crippen LogP contribution in [-0.2, 0) is 19.6 Å². The summed E-state index contributed by atoms with van der Waals surface area (Å²) in [5, 5.41) is 6.46. The Morgan fingerprint density at radius 1 is 1.21 bits per heavy atom. The predicted molar refractivity (Wildman–Crippen MR) is 196 cm³/mol. The molecule has 2 saturated carbocycles. The number of halogens is 2. The van der Waals surface area contributed by atoms with Gasteiger partial charge in [0, 0.05) is 55.6 Å². The van der Waals surface area contributed by atoms with E-state index in [4.69, 9.17) is 31.0 Å². The molecule has 280 valence electrons. The molecule has 6 rings (SSSR count). The summed E-state index contributed by atoms with van der Waals surface area (Å²) in [7, 11) is -1.49. The number of pyridine rings is 1. The van der Waals surface area contributed by atoms with Crippen molar-refractivity contribution < 1.29 is 36.7 Å². The first kappa shape index (κ1) is 37.7. The van der Waals surface area contributed by atoms with Crippen molar-refractivity contribution in [3.05, 3.63) is 46.4 Å². The van der Waals surface area contributed by atoms with Crippen LogP contribution in [0.25, 0.3) is 21.6 Å². The number of benzene rings is 1. The fourth-order valence-electron chi connectivity index (χ4n) is 6.01. The second-order valence-corrected chi connectivity index (χ2v) is 17.0. The van der Waals surface area contributed by atoms with Crippen molar-refractivity contribution in [3.63, 3.8) is 0 Å². The van der Waals surface area contributed by atoms with Gasteiger partial charge in [-0.05, 0) is 43.7 Å². The van der Waals surface area contributed by atoms with E-state index in [0.717, 1.165) is 12.1 Å². The van der Waals surface area contributed by atoms with E-state index in [-0.39, 0.29) is 43.2 Å². The van der Waals surface area contributed by atoms with E-state index in [1.807, 2.05) is 30.0 Å². The molecule has 2 fully saturated rings. The van der Waals surface area contributed by atoms with Crippen LogP contribution in [-0.4, -0.2) is 85.0 Å². The number of thiazole rings is 1. The lowest BCUT2D eigenvalue weighted by atomic mass is 10.1. The number of fused-ring (bicyclic) bond motifs is 2. The minimum absolute atomic E-state index is 0.0344. The van der Waals surface area contributed by atoms with E-state index in [2.05, 4.69) is 10.6 Å². The van der Waals surface area contributed by atoms with Crippen molar-refractivity contribution in [3.8, 4) is 22.2 Å². The molecule has 3 aromatic rings. The van der Waals surface area contributed by atoms with Gasteiger partial charge in [0.1, 0.15) is 38.8 Å². The molecule has 0 saturated heterocycles. The fourth-order valence-corrected chi connectivity index (χ4v) is 8.49. The van der Waals surface area contributed by atoms with E-state index < -0.39 is 50.4 Å². The molecule has 13 nitrogen and oxygen atoms in total. The summed E-state index contributed by atoms with van der Waals surface area (Å²) >= 11 is 8.14. The van der Waals surface area contributed by atoms with Crippen LogP contribution in [0.15, 0.2) is 35.7 Å². The minimum atomic E-state index is -4.62. The molecule has 2 aliphatic carbocycles. The number of nitrogens with zero attached hydrogens (tertiary/aromatic N) is 3. The number of hydrogen-bond donors (Lipinski definition) is 3. The van der Waals surface area contributed by atoms with Gasteiger partial charge in [0.15, 0.2) is 0 Å². The Morgan fingerprint density at radius 2 is 1.98 bits per heavy atom. The zero-order valence-electron chi connectivity index (χ0n) is 29.3. The number of ether oxygens (including phenoxy) is 2. The smallest absolute Gasteiger partial charge is 0.317 e. The van der Waals surface area contributed by atoms with Gasteiger partial charge in [0.05, 0.1) is 24.9 Å². The monoisotopic (exact) mass is 776 g/mol. The lowest BCUT2D eigenvalue weighted by Gasteiger charge is -2.26. The Labute approximate surface area is 310 Å². The average molecular weight is 777 g/mol. The highest BCUT2D eigenvalue weighted by Gasteiger charge is 2.63. The molecule has 0 unspecified atom stereocenters. The summed E-state index contributed by atoms with van der Waals surface area (Å²) in [5.74, 6) is -1.22. The van der Waals surface area contributed by atoms with Gasteiger partial charge in [-0.15, -0.1) is 11.3 Å². The van der Waals surface area contributed by atoms with Crippen molar-refractivity contribution in [2.24, 2.45) is 5.92 Å². The van der Waals surface area contributed by atoms with Crippen LogP contribution in [0.3, 0.4) is 0 Å². The summed E-state index contributed by atoms with van der Waals surface area (Å²) < 4.78 is 53.5. The quantitative estimate of drug-likeness (QED) is 0.227. The standard InChI is InChI=1S/C35H42ClFN6O7S2/c1-20(2)25-19-51-31(39-25)24-17-27(22-10-11-26(49-4)28(36)29(22)38-24)50-16-12-23-30(44)41-35(32(45)42-52(47,48)34(37)13-14-34)18-21(35)9-7-5-6-8-15-43(3)33(46)40-23/h7,9-11,17,19-21,23H,5-6,8,12-16,18H2,1-4H3,(H,40,46)(H,41,44)(H,42,45)/t21-,23+,35-/m1/s1. The second-order valence-electron chi connectivity index (χ2n) is 13.8. The van der Waals surface area contributed by atoms with Gasteiger partial charge in [0.2, 0.25) is 10.9 Å². The molecular formula is C35H42ClFN6O7S2. The normalized spacial score (nSPS) is 23.3. The Morgan fingerprint density at radius 3 is 2.67 bits per heavy atom. The molecule has 0 spiro atoms. The summed E-state index contributed by atoms with van der Waals surface area (Å²) in [4.78, 5) is 51.7. The van der Waals surface area contributed by atoms with Gasteiger partial charge in [-0.1, -0.05) is 37.6 Å². The van der Waals surface area contributed by atoms with Gasteiger partial charge >= 0.3 is 6.03 Å². The van der Waals surface area contributed by atoms with Crippen LogP contribution in [0, 0.1) is 5.92 Å².